The zero-order chi connectivity index (χ0) is 22.9. The molecular formula is C23H27FN2O5. The SMILES string of the molecule is CC(C)(C)OC(=O)CC[C@H](NC(=O)OCc1ccccc1)C(=O)Nc1cccc(F)c1. The molecule has 0 aromatic heterocycles. The van der Waals surface area contributed by atoms with E-state index in [0.29, 0.717) is 0 Å². The molecule has 0 unspecified atom stereocenters. The van der Waals surface area contributed by atoms with Crippen LogP contribution in [0.4, 0.5) is 14.9 Å². The van der Waals surface area contributed by atoms with Gasteiger partial charge < -0.3 is 20.1 Å². The normalized spacial score (nSPS) is 11.9. The van der Waals surface area contributed by atoms with Gasteiger partial charge in [-0.15, -0.1) is 0 Å². The van der Waals surface area contributed by atoms with Gasteiger partial charge in [-0.2, -0.15) is 0 Å². The maximum absolute atomic E-state index is 13.4. The summed E-state index contributed by atoms with van der Waals surface area (Å²) >= 11 is 0. The van der Waals surface area contributed by atoms with Gasteiger partial charge in [0.2, 0.25) is 5.91 Å². The lowest BCUT2D eigenvalue weighted by Crippen LogP contribution is -2.44. The lowest BCUT2D eigenvalue weighted by molar-refractivity contribution is -0.155. The number of amides is 2. The molecule has 2 aromatic carbocycles. The van der Waals surface area contributed by atoms with Crippen molar-refractivity contribution in [2.45, 2.75) is 51.9 Å². The van der Waals surface area contributed by atoms with E-state index in [1.807, 2.05) is 18.2 Å². The molecule has 0 radical (unpaired) electrons. The number of anilines is 1. The lowest BCUT2D eigenvalue weighted by atomic mass is 10.1. The Bertz CT molecular complexity index is 896. The Labute approximate surface area is 180 Å². The van der Waals surface area contributed by atoms with Crippen molar-refractivity contribution in [1.29, 1.82) is 0 Å². The Hall–Kier alpha value is -3.42. The molecule has 1 atom stereocenters. The van der Waals surface area contributed by atoms with Crippen LogP contribution in [0.5, 0.6) is 0 Å². The van der Waals surface area contributed by atoms with Crippen LogP contribution in [0.15, 0.2) is 54.6 Å². The van der Waals surface area contributed by atoms with Crippen LogP contribution in [0.25, 0.3) is 0 Å². The Balaban J connectivity index is 2.00. The summed E-state index contributed by atoms with van der Waals surface area (Å²) in [5.41, 5.74) is 0.345. The zero-order valence-corrected chi connectivity index (χ0v) is 17.8. The smallest absolute Gasteiger partial charge is 0.408 e. The number of carbonyl (C=O) groups is 3. The fraction of sp³-hybridized carbons (Fsp3) is 0.348. The Morgan fingerprint density at radius 3 is 2.39 bits per heavy atom. The van der Waals surface area contributed by atoms with Gasteiger partial charge in [-0.05, 0) is 51.0 Å². The highest BCUT2D eigenvalue weighted by Gasteiger charge is 2.24. The van der Waals surface area contributed by atoms with E-state index in [9.17, 15) is 18.8 Å². The summed E-state index contributed by atoms with van der Waals surface area (Å²) in [4.78, 5) is 36.9. The number of carbonyl (C=O) groups excluding carboxylic acids is 3. The van der Waals surface area contributed by atoms with Crippen LogP contribution in [0.1, 0.15) is 39.2 Å². The molecule has 7 nitrogen and oxygen atoms in total. The molecule has 8 heteroatoms. The first-order valence-electron chi connectivity index (χ1n) is 9.88. The average molecular weight is 430 g/mol. The minimum absolute atomic E-state index is 0.0174. The number of benzene rings is 2. The predicted octanol–water partition coefficient (Wildman–Crippen LogP) is 4.18. The van der Waals surface area contributed by atoms with Gasteiger partial charge in [0.05, 0.1) is 0 Å². The first kappa shape index (κ1) is 23.9. The molecule has 0 saturated carbocycles. The van der Waals surface area contributed by atoms with E-state index < -0.39 is 35.4 Å². The van der Waals surface area contributed by atoms with E-state index >= 15 is 0 Å². The van der Waals surface area contributed by atoms with Gasteiger partial charge >= 0.3 is 12.1 Å². The van der Waals surface area contributed by atoms with Crippen molar-refractivity contribution in [3.63, 3.8) is 0 Å². The fourth-order valence-corrected chi connectivity index (χ4v) is 2.63. The van der Waals surface area contributed by atoms with Crippen LogP contribution in [0.3, 0.4) is 0 Å². The third-order valence-corrected chi connectivity index (χ3v) is 3.97. The lowest BCUT2D eigenvalue weighted by Gasteiger charge is -2.21. The summed E-state index contributed by atoms with van der Waals surface area (Å²) in [6.45, 7) is 5.23. The summed E-state index contributed by atoms with van der Waals surface area (Å²) in [5.74, 6) is -1.63. The number of halogens is 1. The summed E-state index contributed by atoms with van der Waals surface area (Å²) < 4.78 is 23.8. The van der Waals surface area contributed by atoms with Gasteiger partial charge in [0.15, 0.2) is 0 Å². The molecule has 0 aliphatic heterocycles. The van der Waals surface area contributed by atoms with Crippen molar-refractivity contribution < 1.29 is 28.2 Å². The van der Waals surface area contributed by atoms with Gasteiger partial charge in [0, 0.05) is 12.1 Å². The molecule has 0 aliphatic rings. The minimum Gasteiger partial charge on any atom is -0.460 e. The topological polar surface area (TPSA) is 93.7 Å². The van der Waals surface area contributed by atoms with Crippen molar-refractivity contribution >= 4 is 23.7 Å². The maximum Gasteiger partial charge on any atom is 0.408 e. The van der Waals surface area contributed by atoms with Crippen molar-refractivity contribution in [1.82, 2.24) is 5.32 Å². The molecule has 2 aromatic rings. The second-order valence-corrected chi connectivity index (χ2v) is 7.88. The highest BCUT2D eigenvalue weighted by atomic mass is 19.1. The molecule has 0 heterocycles. The largest absolute Gasteiger partial charge is 0.460 e. The van der Waals surface area contributed by atoms with E-state index in [1.54, 1.807) is 32.9 Å². The highest BCUT2D eigenvalue weighted by Crippen LogP contribution is 2.13. The first-order valence-corrected chi connectivity index (χ1v) is 9.88. The Kier molecular flexibility index (Phi) is 8.54. The maximum atomic E-state index is 13.4. The molecule has 0 saturated heterocycles. The Morgan fingerprint density at radius 2 is 1.74 bits per heavy atom. The second kappa shape index (κ2) is 11.1. The van der Waals surface area contributed by atoms with E-state index in [-0.39, 0.29) is 25.1 Å². The van der Waals surface area contributed by atoms with Crippen LogP contribution in [0.2, 0.25) is 0 Å². The number of alkyl carbamates (subject to hydrolysis) is 1. The van der Waals surface area contributed by atoms with Crippen LogP contribution in [0, 0.1) is 5.82 Å². The summed E-state index contributed by atoms with van der Waals surface area (Å²) in [6, 6.07) is 13.3. The van der Waals surface area contributed by atoms with Crippen LogP contribution in [-0.2, 0) is 25.7 Å². The summed E-state index contributed by atoms with van der Waals surface area (Å²) in [5, 5.41) is 5.00. The molecule has 166 valence electrons. The number of hydrogen-bond acceptors (Lipinski definition) is 5. The third-order valence-electron chi connectivity index (χ3n) is 3.97. The number of rotatable bonds is 8. The average Bonchev–Trinajstić information content (AvgIpc) is 2.69. The van der Waals surface area contributed by atoms with E-state index in [0.717, 1.165) is 11.6 Å². The summed E-state index contributed by atoms with van der Waals surface area (Å²) in [7, 11) is 0. The summed E-state index contributed by atoms with van der Waals surface area (Å²) in [6.07, 6.45) is -0.930. The quantitative estimate of drug-likeness (QED) is 0.613. The molecule has 2 N–H and O–H groups in total. The zero-order valence-electron chi connectivity index (χ0n) is 17.8. The van der Waals surface area contributed by atoms with Crippen LogP contribution in [-0.4, -0.2) is 29.6 Å². The molecule has 2 rings (SSSR count). The molecule has 0 bridgehead atoms. The number of esters is 1. The fourth-order valence-electron chi connectivity index (χ4n) is 2.63. The number of hydrogen-bond donors (Lipinski definition) is 2. The predicted molar refractivity (Wildman–Crippen MR) is 114 cm³/mol. The van der Waals surface area contributed by atoms with Crippen molar-refractivity contribution in [3.8, 4) is 0 Å². The molecular weight excluding hydrogens is 403 g/mol. The molecule has 0 fully saturated rings. The van der Waals surface area contributed by atoms with E-state index in [4.69, 9.17) is 9.47 Å². The van der Waals surface area contributed by atoms with Gasteiger partial charge in [-0.25, -0.2) is 9.18 Å². The highest BCUT2D eigenvalue weighted by molar-refractivity contribution is 5.96. The first-order chi connectivity index (χ1) is 14.6. The van der Waals surface area contributed by atoms with E-state index in [2.05, 4.69) is 10.6 Å². The Morgan fingerprint density at radius 1 is 1.03 bits per heavy atom. The van der Waals surface area contributed by atoms with E-state index in [1.165, 1.54) is 18.2 Å². The van der Waals surface area contributed by atoms with Crippen molar-refractivity contribution in [2.24, 2.45) is 0 Å². The van der Waals surface area contributed by atoms with Crippen molar-refractivity contribution in [2.75, 3.05) is 5.32 Å². The number of nitrogens with one attached hydrogen (secondary N) is 2. The van der Waals surface area contributed by atoms with Crippen molar-refractivity contribution in [3.05, 3.63) is 66.0 Å². The van der Waals surface area contributed by atoms with Gasteiger partial charge in [-0.1, -0.05) is 36.4 Å². The monoisotopic (exact) mass is 430 g/mol. The van der Waals surface area contributed by atoms with Crippen LogP contribution >= 0.6 is 0 Å². The molecule has 31 heavy (non-hydrogen) atoms. The molecule has 0 spiro atoms. The third kappa shape index (κ3) is 9.29. The number of ether oxygens (including phenoxy) is 2. The van der Waals surface area contributed by atoms with Crippen LogP contribution < -0.4 is 10.6 Å². The van der Waals surface area contributed by atoms with Gasteiger partial charge in [0.25, 0.3) is 0 Å². The van der Waals surface area contributed by atoms with Gasteiger partial charge in [0.1, 0.15) is 24.1 Å². The second-order valence-electron chi connectivity index (χ2n) is 7.88. The van der Waals surface area contributed by atoms with Gasteiger partial charge in [-0.3, -0.25) is 9.59 Å². The standard InChI is InChI=1S/C23H27FN2O5/c1-23(2,3)31-20(27)13-12-19(21(28)25-18-11-7-10-17(24)14-18)26-22(29)30-15-16-8-5-4-6-9-16/h4-11,14,19H,12-13,15H2,1-3H3,(H,25,28)(H,26,29)/t19-/m0/s1. The minimum atomic E-state index is -1.08. The molecule has 0 aliphatic carbocycles. The molecule has 2 amide bonds.